The van der Waals surface area contributed by atoms with E-state index in [2.05, 4.69) is 5.10 Å². The van der Waals surface area contributed by atoms with Gasteiger partial charge in [0, 0.05) is 31.0 Å². The van der Waals surface area contributed by atoms with Gasteiger partial charge in [-0.3, -0.25) is 4.68 Å². The van der Waals surface area contributed by atoms with E-state index in [0.717, 1.165) is 11.3 Å². The van der Waals surface area contributed by atoms with Crippen molar-refractivity contribution in [1.29, 1.82) is 0 Å². The van der Waals surface area contributed by atoms with Crippen LogP contribution >= 0.6 is 0 Å². The zero-order valence-corrected chi connectivity index (χ0v) is 10.4. The lowest BCUT2D eigenvalue weighted by atomic mass is 10.1. The Hall–Kier alpha value is -2.30. The summed E-state index contributed by atoms with van der Waals surface area (Å²) in [6.45, 7) is 1.33. The van der Waals surface area contributed by atoms with E-state index < -0.39 is 12.0 Å². The Kier molecular flexibility index (Phi) is 2.95. The number of aliphatic carboxylic acids is 1. The monoisotopic (exact) mass is 257 g/mol. The first-order valence-electron chi connectivity index (χ1n) is 6.30. The van der Waals surface area contributed by atoms with Crippen LogP contribution in [0, 0.1) is 0 Å². The second-order valence-corrected chi connectivity index (χ2v) is 4.65. The predicted molar refractivity (Wildman–Crippen MR) is 71.1 cm³/mol. The van der Waals surface area contributed by atoms with E-state index in [9.17, 15) is 9.90 Å². The number of nitrogens with zero attached hydrogens (tertiary/aromatic N) is 3. The van der Waals surface area contributed by atoms with Crippen molar-refractivity contribution in [1.82, 2.24) is 9.78 Å². The molecule has 1 atom stereocenters. The van der Waals surface area contributed by atoms with Crippen LogP contribution in [-0.2, 0) is 17.8 Å². The summed E-state index contributed by atoms with van der Waals surface area (Å²) in [5.74, 6) is -0.767. The standard InChI is InChI=1S/C14H15N3O2/c18-14(19)13-10-11-4-1-2-5-12(11)17(13)9-8-16-7-3-6-15-16/h1-7,13H,8-10H2,(H,18,19). The summed E-state index contributed by atoms with van der Waals surface area (Å²) in [6, 6.07) is 9.29. The number of hydrogen-bond donors (Lipinski definition) is 1. The van der Waals surface area contributed by atoms with Gasteiger partial charge in [0.2, 0.25) is 0 Å². The van der Waals surface area contributed by atoms with Gasteiger partial charge in [0.1, 0.15) is 6.04 Å². The molecule has 1 unspecified atom stereocenters. The van der Waals surface area contributed by atoms with Gasteiger partial charge in [-0.2, -0.15) is 5.10 Å². The fourth-order valence-corrected chi connectivity index (χ4v) is 2.59. The molecule has 2 aromatic rings. The van der Waals surface area contributed by atoms with E-state index in [1.165, 1.54) is 0 Å². The number of anilines is 1. The van der Waals surface area contributed by atoms with Crippen LogP contribution in [0.2, 0.25) is 0 Å². The molecule has 0 saturated heterocycles. The minimum atomic E-state index is -0.767. The van der Waals surface area contributed by atoms with Gasteiger partial charge in [-0.25, -0.2) is 4.79 Å². The SMILES string of the molecule is O=C(O)C1Cc2ccccc2N1CCn1cccn1. The number of aromatic nitrogens is 2. The molecule has 5 heteroatoms. The van der Waals surface area contributed by atoms with Gasteiger partial charge in [-0.15, -0.1) is 0 Å². The summed E-state index contributed by atoms with van der Waals surface area (Å²) in [7, 11) is 0. The molecule has 1 aromatic heterocycles. The molecule has 0 amide bonds. The third kappa shape index (κ3) is 2.19. The number of fused-ring (bicyclic) bond motifs is 1. The maximum Gasteiger partial charge on any atom is 0.326 e. The van der Waals surface area contributed by atoms with Gasteiger partial charge in [-0.1, -0.05) is 18.2 Å². The number of carbonyl (C=O) groups is 1. The average Bonchev–Trinajstić information content (AvgIpc) is 3.03. The zero-order valence-electron chi connectivity index (χ0n) is 10.4. The third-order valence-electron chi connectivity index (χ3n) is 3.50. The van der Waals surface area contributed by atoms with E-state index in [-0.39, 0.29) is 0 Å². The first kappa shape index (κ1) is 11.8. The van der Waals surface area contributed by atoms with Crippen molar-refractivity contribution in [2.45, 2.75) is 19.0 Å². The molecular weight excluding hydrogens is 242 g/mol. The third-order valence-corrected chi connectivity index (χ3v) is 3.50. The van der Waals surface area contributed by atoms with E-state index in [1.54, 1.807) is 6.20 Å². The molecule has 0 aliphatic carbocycles. The molecule has 0 radical (unpaired) electrons. The smallest absolute Gasteiger partial charge is 0.326 e. The van der Waals surface area contributed by atoms with Crippen LogP contribution in [0.4, 0.5) is 5.69 Å². The number of benzene rings is 1. The number of carboxylic acid groups (broad SMARTS) is 1. The van der Waals surface area contributed by atoms with Crippen LogP contribution in [0.1, 0.15) is 5.56 Å². The number of rotatable bonds is 4. The summed E-state index contributed by atoms with van der Waals surface area (Å²) < 4.78 is 1.82. The highest BCUT2D eigenvalue weighted by atomic mass is 16.4. The van der Waals surface area contributed by atoms with Gasteiger partial charge in [-0.05, 0) is 17.7 Å². The Morgan fingerprint density at radius 1 is 1.32 bits per heavy atom. The second-order valence-electron chi connectivity index (χ2n) is 4.65. The number of para-hydroxylation sites is 1. The summed E-state index contributed by atoms with van der Waals surface area (Å²) in [6.07, 6.45) is 4.19. The lowest BCUT2D eigenvalue weighted by molar-refractivity contribution is -0.138. The van der Waals surface area contributed by atoms with E-state index in [4.69, 9.17) is 0 Å². The molecule has 0 fully saturated rings. The molecule has 0 spiro atoms. The highest BCUT2D eigenvalue weighted by Gasteiger charge is 2.33. The highest BCUT2D eigenvalue weighted by Crippen LogP contribution is 2.31. The largest absolute Gasteiger partial charge is 0.480 e. The maximum atomic E-state index is 11.4. The molecule has 19 heavy (non-hydrogen) atoms. The molecule has 1 aliphatic heterocycles. The normalized spacial score (nSPS) is 17.5. The van der Waals surface area contributed by atoms with Crippen molar-refractivity contribution in [3.05, 3.63) is 48.3 Å². The second kappa shape index (κ2) is 4.76. The minimum Gasteiger partial charge on any atom is -0.480 e. The van der Waals surface area contributed by atoms with Crippen molar-refractivity contribution in [2.24, 2.45) is 0 Å². The molecule has 3 rings (SSSR count). The molecule has 0 bridgehead atoms. The van der Waals surface area contributed by atoms with Gasteiger partial charge in [0.05, 0.1) is 6.54 Å². The van der Waals surface area contributed by atoms with Gasteiger partial charge in [0.15, 0.2) is 0 Å². The fraction of sp³-hybridized carbons (Fsp3) is 0.286. The van der Waals surface area contributed by atoms with Crippen molar-refractivity contribution >= 4 is 11.7 Å². The molecular formula is C14H15N3O2. The Morgan fingerprint density at radius 2 is 2.16 bits per heavy atom. The quantitative estimate of drug-likeness (QED) is 0.899. The van der Waals surface area contributed by atoms with E-state index in [0.29, 0.717) is 19.5 Å². The van der Waals surface area contributed by atoms with Crippen LogP contribution in [0.25, 0.3) is 0 Å². The lowest BCUT2D eigenvalue weighted by Crippen LogP contribution is -2.40. The van der Waals surface area contributed by atoms with Crippen molar-refractivity contribution in [3.63, 3.8) is 0 Å². The van der Waals surface area contributed by atoms with Crippen LogP contribution in [0.3, 0.4) is 0 Å². The topological polar surface area (TPSA) is 58.4 Å². The molecule has 5 nitrogen and oxygen atoms in total. The van der Waals surface area contributed by atoms with Crippen molar-refractivity contribution in [3.8, 4) is 0 Å². The zero-order chi connectivity index (χ0) is 13.2. The minimum absolute atomic E-state index is 0.465. The van der Waals surface area contributed by atoms with Crippen LogP contribution < -0.4 is 4.90 Å². The Bertz CT molecular complexity index is 580. The maximum absolute atomic E-state index is 11.4. The molecule has 1 aromatic carbocycles. The lowest BCUT2D eigenvalue weighted by Gasteiger charge is -2.24. The van der Waals surface area contributed by atoms with Crippen LogP contribution in [-0.4, -0.2) is 33.4 Å². The first-order valence-corrected chi connectivity index (χ1v) is 6.30. The first-order chi connectivity index (χ1) is 9.25. The van der Waals surface area contributed by atoms with Crippen LogP contribution in [0.5, 0.6) is 0 Å². The van der Waals surface area contributed by atoms with Crippen molar-refractivity contribution < 1.29 is 9.90 Å². The summed E-state index contributed by atoms with van der Waals surface area (Å²) in [5.41, 5.74) is 2.14. The van der Waals surface area contributed by atoms with Gasteiger partial charge >= 0.3 is 5.97 Å². The molecule has 98 valence electrons. The van der Waals surface area contributed by atoms with Gasteiger partial charge in [0.25, 0.3) is 0 Å². The predicted octanol–water partition coefficient (Wildman–Crippen LogP) is 1.40. The molecule has 1 aliphatic rings. The molecule has 0 saturated carbocycles. The Balaban J connectivity index is 1.81. The van der Waals surface area contributed by atoms with Gasteiger partial charge < -0.3 is 10.0 Å². The highest BCUT2D eigenvalue weighted by molar-refractivity contribution is 5.82. The summed E-state index contributed by atoms with van der Waals surface area (Å²) in [5, 5.41) is 13.5. The van der Waals surface area contributed by atoms with Crippen LogP contribution in [0.15, 0.2) is 42.7 Å². The average molecular weight is 257 g/mol. The fourth-order valence-electron chi connectivity index (χ4n) is 2.59. The Morgan fingerprint density at radius 3 is 2.89 bits per heavy atom. The summed E-state index contributed by atoms with van der Waals surface area (Å²) in [4.78, 5) is 13.3. The Labute approximate surface area is 111 Å². The number of carboxylic acids is 1. The van der Waals surface area contributed by atoms with E-state index >= 15 is 0 Å². The number of hydrogen-bond acceptors (Lipinski definition) is 3. The molecule has 2 heterocycles. The van der Waals surface area contributed by atoms with Crippen molar-refractivity contribution in [2.75, 3.05) is 11.4 Å². The summed E-state index contributed by atoms with van der Waals surface area (Å²) >= 11 is 0. The van der Waals surface area contributed by atoms with E-state index in [1.807, 2.05) is 46.1 Å². The molecule has 1 N–H and O–H groups in total.